The number of rotatable bonds is 10. The van der Waals surface area contributed by atoms with E-state index in [0.29, 0.717) is 35.3 Å². The van der Waals surface area contributed by atoms with Crippen molar-refractivity contribution in [3.63, 3.8) is 0 Å². The number of amides is 1. The molecular formula is C27H35N5O4. The first-order valence-electron chi connectivity index (χ1n) is 12.0. The number of methoxy groups -OCH3 is 3. The Morgan fingerprint density at radius 3 is 2.39 bits per heavy atom. The predicted molar refractivity (Wildman–Crippen MR) is 141 cm³/mol. The summed E-state index contributed by atoms with van der Waals surface area (Å²) in [4.78, 5) is 18.0. The van der Waals surface area contributed by atoms with Crippen LogP contribution in [-0.4, -0.2) is 43.0 Å². The summed E-state index contributed by atoms with van der Waals surface area (Å²) >= 11 is 0. The van der Waals surface area contributed by atoms with E-state index in [4.69, 9.17) is 19.2 Å². The minimum atomic E-state index is -0.370. The summed E-state index contributed by atoms with van der Waals surface area (Å²) in [5, 5.41) is 10.7. The van der Waals surface area contributed by atoms with Crippen molar-refractivity contribution in [3.8, 4) is 17.2 Å². The zero-order valence-corrected chi connectivity index (χ0v) is 21.8. The van der Waals surface area contributed by atoms with Gasteiger partial charge in [0.1, 0.15) is 0 Å². The van der Waals surface area contributed by atoms with E-state index in [1.165, 1.54) is 26.9 Å². The van der Waals surface area contributed by atoms with E-state index in [1.54, 1.807) is 12.1 Å². The second-order valence-electron chi connectivity index (χ2n) is 8.21. The van der Waals surface area contributed by atoms with Gasteiger partial charge in [0.15, 0.2) is 11.5 Å². The number of hydrogen-bond donors (Lipinski definition) is 2. The number of nitrogens with zero attached hydrogens (tertiary/aromatic N) is 3. The molecule has 1 amide bonds. The van der Waals surface area contributed by atoms with Crippen molar-refractivity contribution in [2.24, 2.45) is 4.99 Å². The van der Waals surface area contributed by atoms with Gasteiger partial charge in [-0.05, 0) is 49.6 Å². The van der Waals surface area contributed by atoms with Crippen LogP contribution in [0.15, 0.2) is 47.6 Å². The van der Waals surface area contributed by atoms with E-state index in [2.05, 4.69) is 35.6 Å². The van der Waals surface area contributed by atoms with Gasteiger partial charge in [-0.15, -0.1) is 0 Å². The number of benzene rings is 2. The number of hydrogen-bond acceptors (Lipinski definition) is 6. The molecule has 3 aromatic rings. The fraction of sp³-hybridized carbons (Fsp3) is 0.370. The number of aryl methyl sites for hydroxylation is 3. The second kappa shape index (κ2) is 12.6. The molecular weight excluding hydrogens is 458 g/mol. The fourth-order valence-corrected chi connectivity index (χ4v) is 3.73. The van der Waals surface area contributed by atoms with E-state index in [-0.39, 0.29) is 5.91 Å². The van der Waals surface area contributed by atoms with Crippen molar-refractivity contribution < 1.29 is 19.0 Å². The number of ether oxygens (including phenoxy) is 3. The van der Waals surface area contributed by atoms with Crippen LogP contribution in [0.2, 0.25) is 0 Å². The topological polar surface area (TPSA) is 99.0 Å². The second-order valence-corrected chi connectivity index (χ2v) is 8.21. The average molecular weight is 494 g/mol. The third kappa shape index (κ3) is 6.56. The number of carbonyl (C=O) groups excluding carboxylic acids is 1. The van der Waals surface area contributed by atoms with Crippen molar-refractivity contribution >= 4 is 17.6 Å². The van der Waals surface area contributed by atoms with Crippen molar-refractivity contribution in [2.75, 3.05) is 26.6 Å². The van der Waals surface area contributed by atoms with Crippen LogP contribution in [0.5, 0.6) is 17.2 Å². The van der Waals surface area contributed by atoms with Gasteiger partial charge in [0.25, 0.3) is 5.91 Å². The molecule has 1 aromatic heterocycles. The first-order valence-corrected chi connectivity index (χ1v) is 12.0. The third-order valence-corrected chi connectivity index (χ3v) is 5.67. The Morgan fingerprint density at radius 2 is 1.78 bits per heavy atom. The molecule has 3 rings (SSSR count). The maximum absolute atomic E-state index is 13.3. The van der Waals surface area contributed by atoms with Crippen LogP contribution in [0.25, 0.3) is 0 Å². The van der Waals surface area contributed by atoms with E-state index >= 15 is 0 Å². The normalized spacial score (nSPS) is 11.2. The molecule has 2 aromatic carbocycles. The number of aliphatic imine (C=N–C) groups is 1. The minimum absolute atomic E-state index is 0.324. The highest BCUT2D eigenvalue weighted by molar-refractivity contribution is 6.10. The van der Waals surface area contributed by atoms with E-state index in [9.17, 15) is 4.79 Å². The summed E-state index contributed by atoms with van der Waals surface area (Å²) in [5.41, 5.74) is 4.25. The maximum atomic E-state index is 13.3. The lowest BCUT2D eigenvalue weighted by Crippen LogP contribution is -2.36. The van der Waals surface area contributed by atoms with Crippen molar-refractivity contribution in [1.29, 1.82) is 0 Å². The summed E-state index contributed by atoms with van der Waals surface area (Å²) in [6.07, 6.45) is 3.89. The number of carbonyl (C=O) groups is 1. The molecule has 9 nitrogen and oxygen atoms in total. The Hall–Kier alpha value is -4.01. The lowest BCUT2D eigenvalue weighted by Gasteiger charge is -2.15. The smallest absolute Gasteiger partial charge is 0.258 e. The number of guanidine groups is 1. The summed E-state index contributed by atoms with van der Waals surface area (Å²) in [7, 11) is 4.54. The van der Waals surface area contributed by atoms with Gasteiger partial charge in [0, 0.05) is 29.6 Å². The van der Waals surface area contributed by atoms with Crippen LogP contribution in [0.3, 0.4) is 0 Å². The molecule has 192 valence electrons. The van der Waals surface area contributed by atoms with Gasteiger partial charge < -0.3 is 19.5 Å². The Kier molecular flexibility index (Phi) is 9.32. The molecule has 0 aliphatic heterocycles. The fourth-order valence-electron chi connectivity index (χ4n) is 3.73. The zero-order valence-electron chi connectivity index (χ0n) is 21.8. The molecule has 9 heteroatoms. The highest BCUT2D eigenvalue weighted by Gasteiger charge is 2.18. The molecule has 0 bridgehead atoms. The Morgan fingerprint density at radius 1 is 1.06 bits per heavy atom. The molecule has 0 saturated heterocycles. The molecule has 0 unspecified atom stereocenters. The molecule has 1 heterocycles. The lowest BCUT2D eigenvalue weighted by molar-refractivity contribution is 0.0976. The van der Waals surface area contributed by atoms with Gasteiger partial charge >= 0.3 is 0 Å². The predicted octanol–water partition coefficient (Wildman–Crippen LogP) is 4.59. The summed E-state index contributed by atoms with van der Waals surface area (Å²) < 4.78 is 18.1. The summed E-state index contributed by atoms with van der Waals surface area (Å²) in [6.45, 7) is 7.37. The van der Waals surface area contributed by atoms with Crippen molar-refractivity contribution in [2.45, 2.75) is 46.7 Å². The highest BCUT2D eigenvalue weighted by Crippen LogP contribution is 2.38. The van der Waals surface area contributed by atoms with Gasteiger partial charge in [0.05, 0.1) is 33.6 Å². The van der Waals surface area contributed by atoms with Crippen LogP contribution in [0.4, 0.5) is 5.69 Å². The zero-order chi connectivity index (χ0) is 26.1. The summed E-state index contributed by atoms with van der Waals surface area (Å²) in [5.74, 6) is 1.15. The van der Waals surface area contributed by atoms with Crippen LogP contribution >= 0.6 is 0 Å². The quantitative estimate of drug-likeness (QED) is 0.317. The van der Waals surface area contributed by atoms with Gasteiger partial charge in [0.2, 0.25) is 11.7 Å². The van der Waals surface area contributed by atoms with Gasteiger partial charge in [-0.3, -0.25) is 14.8 Å². The average Bonchev–Trinajstić information content (AvgIpc) is 3.25. The van der Waals surface area contributed by atoms with E-state index in [1.807, 2.05) is 36.0 Å². The number of aromatic nitrogens is 2. The Bertz CT molecular complexity index is 1190. The van der Waals surface area contributed by atoms with Crippen LogP contribution < -0.4 is 24.8 Å². The molecule has 36 heavy (non-hydrogen) atoms. The Labute approximate surface area is 212 Å². The van der Waals surface area contributed by atoms with Gasteiger partial charge in [-0.25, -0.2) is 4.99 Å². The monoisotopic (exact) mass is 493 g/mol. The summed E-state index contributed by atoms with van der Waals surface area (Å²) in [6, 6.07) is 11.2. The maximum Gasteiger partial charge on any atom is 0.258 e. The molecule has 0 aliphatic carbocycles. The third-order valence-electron chi connectivity index (χ3n) is 5.67. The molecule has 0 aliphatic rings. The van der Waals surface area contributed by atoms with Crippen LogP contribution in [-0.2, 0) is 19.5 Å². The standard InChI is InChI=1S/C27H35N5O4/c1-7-12-32-17-21(18(3)31-32)16-28-27(29-22-11-9-10-19(8-2)13-22)30-26(33)20-14-23(34-4)25(36-6)24(15-20)35-5/h9-11,13-15,17H,7-8,12,16H2,1-6H3,(H2,28,29,30,33). The van der Waals surface area contributed by atoms with E-state index in [0.717, 1.165) is 36.3 Å². The van der Waals surface area contributed by atoms with Gasteiger partial charge in [-0.2, -0.15) is 5.10 Å². The molecule has 0 saturated carbocycles. The molecule has 0 spiro atoms. The van der Waals surface area contributed by atoms with Gasteiger partial charge in [-0.1, -0.05) is 26.0 Å². The van der Waals surface area contributed by atoms with Crippen molar-refractivity contribution in [1.82, 2.24) is 15.1 Å². The molecule has 0 atom stereocenters. The first-order chi connectivity index (χ1) is 17.4. The lowest BCUT2D eigenvalue weighted by atomic mass is 10.1. The molecule has 0 radical (unpaired) electrons. The largest absolute Gasteiger partial charge is 0.493 e. The SMILES string of the molecule is CCCn1cc(CN=C(NC(=O)c2cc(OC)c(OC)c(OC)c2)Nc2cccc(CC)c2)c(C)n1. The first kappa shape index (κ1) is 26.6. The number of anilines is 1. The highest BCUT2D eigenvalue weighted by atomic mass is 16.5. The molecule has 0 fully saturated rings. The van der Waals surface area contributed by atoms with Crippen LogP contribution in [0.1, 0.15) is 47.4 Å². The van der Waals surface area contributed by atoms with Crippen molar-refractivity contribution in [3.05, 3.63) is 65.0 Å². The van der Waals surface area contributed by atoms with E-state index < -0.39 is 0 Å². The number of nitrogens with one attached hydrogen (secondary N) is 2. The van der Waals surface area contributed by atoms with Crippen LogP contribution in [0, 0.1) is 6.92 Å². The molecule has 2 N–H and O–H groups in total. The minimum Gasteiger partial charge on any atom is -0.493 e. The Balaban J connectivity index is 1.91.